The van der Waals surface area contributed by atoms with Crippen molar-refractivity contribution in [1.82, 2.24) is 0 Å². The second kappa shape index (κ2) is 5.75. The topological polar surface area (TPSA) is 57.5 Å². The molecule has 0 radical (unpaired) electrons. The predicted molar refractivity (Wildman–Crippen MR) is 63.7 cm³/mol. The zero-order valence-corrected chi connectivity index (χ0v) is 9.05. The molecule has 0 aliphatic heterocycles. The summed E-state index contributed by atoms with van der Waals surface area (Å²) in [6, 6.07) is 11.8. The summed E-state index contributed by atoms with van der Waals surface area (Å²) in [5.74, 6) is 0.330. The Kier molecular flexibility index (Phi) is 4.33. The molecule has 0 aliphatic rings. The maximum atomic E-state index is 9.26. The van der Waals surface area contributed by atoms with E-state index < -0.39 is 0 Å². The van der Waals surface area contributed by atoms with Crippen molar-refractivity contribution in [3.63, 3.8) is 0 Å². The standard InChI is InChI=1S/C12H12O.CH2O2/c1-2-9-3-4-11-8-12(13)6-5-10(11)7-9;2-1-3/h3-8,13H,2H2,1H3;1H,(H,2,3). The lowest BCUT2D eigenvalue weighted by Gasteiger charge is -2.01. The highest BCUT2D eigenvalue weighted by molar-refractivity contribution is 5.84. The monoisotopic (exact) mass is 218 g/mol. The van der Waals surface area contributed by atoms with Gasteiger partial charge < -0.3 is 10.2 Å². The maximum absolute atomic E-state index is 9.26. The van der Waals surface area contributed by atoms with Gasteiger partial charge in [-0.1, -0.05) is 31.2 Å². The number of rotatable bonds is 1. The first kappa shape index (κ1) is 12.0. The minimum absolute atomic E-state index is 0.250. The molecule has 2 N–H and O–H groups in total. The number of carboxylic acid groups (broad SMARTS) is 1. The number of phenolic OH excluding ortho intramolecular Hbond substituents is 1. The van der Waals surface area contributed by atoms with Gasteiger partial charge in [-0.15, -0.1) is 0 Å². The molecule has 0 spiro atoms. The molecule has 0 aliphatic carbocycles. The second-order valence-electron chi connectivity index (χ2n) is 3.32. The van der Waals surface area contributed by atoms with Crippen LogP contribution in [-0.2, 0) is 11.2 Å². The summed E-state index contributed by atoms with van der Waals surface area (Å²) in [5, 5.41) is 18.4. The highest BCUT2D eigenvalue weighted by Gasteiger charge is 1.95. The number of aryl methyl sites for hydroxylation is 1. The molecule has 0 unspecified atom stereocenters. The summed E-state index contributed by atoms with van der Waals surface area (Å²) in [6.07, 6.45) is 1.05. The highest BCUT2D eigenvalue weighted by Crippen LogP contribution is 2.21. The Bertz CT molecular complexity index is 478. The largest absolute Gasteiger partial charge is 0.508 e. The quantitative estimate of drug-likeness (QED) is 0.723. The van der Waals surface area contributed by atoms with Crippen molar-refractivity contribution in [3.8, 4) is 5.75 Å². The first-order valence-corrected chi connectivity index (χ1v) is 5.00. The van der Waals surface area contributed by atoms with Crippen LogP contribution in [0.3, 0.4) is 0 Å². The molecular formula is C13H14O3. The van der Waals surface area contributed by atoms with E-state index in [1.165, 1.54) is 10.9 Å². The molecule has 0 amide bonds. The van der Waals surface area contributed by atoms with Gasteiger partial charge >= 0.3 is 0 Å². The summed E-state index contributed by atoms with van der Waals surface area (Å²) in [4.78, 5) is 8.36. The van der Waals surface area contributed by atoms with Crippen LogP contribution >= 0.6 is 0 Å². The van der Waals surface area contributed by atoms with Gasteiger partial charge in [0.25, 0.3) is 6.47 Å². The van der Waals surface area contributed by atoms with Gasteiger partial charge in [0.05, 0.1) is 0 Å². The predicted octanol–water partition coefficient (Wildman–Crippen LogP) is 2.81. The van der Waals surface area contributed by atoms with E-state index >= 15 is 0 Å². The number of aromatic hydroxyl groups is 1. The summed E-state index contributed by atoms with van der Waals surface area (Å²) in [5.41, 5.74) is 1.33. The smallest absolute Gasteiger partial charge is 0.290 e. The minimum atomic E-state index is -0.250. The van der Waals surface area contributed by atoms with Crippen LogP contribution in [0.1, 0.15) is 12.5 Å². The van der Waals surface area contributed by atoms with Crippen molar-refractivity contribution in [2.45, 2.75) is 13.3 Å². The lowest BCUT2D eigenvalue weighted by Crippen LogP contribution is -1.79. The van der Waals surface area contributed by atoms with E-state index in [0.717, 1.165) is 11.8 Å². The van der Waals surface area contributed by atoms with Crippen molar-refractivity contribution < 1.29 is 15.0 Å². The van der Waals surface area contributed by atoms with Crippen LogP contribution < -0.4 is 0 Å². The second-order valence-corrected chi connectivity index (χ2v) is 3.32. The first-order chi connectivity index (χ1) is 7.71. The first-order valence-electron chi connectivity index (χ1n) is 5.00. The van der Waals surface area contributed by atoms with Crippen molar-refractivity contribution in [1.29, 1.82) is 0 Å². The molecule has 0 heterocycles. The van der Waals surface area contributed by atoms with E-state index in [-0.39, 0.29) is 6.47 Å². The van der Waals surface area contributed by atoms with E-state index in [4.69, 9.17) is 9.90 Å². The van der Waals surface area contributed by atoms with Gasteiger partial charge in [0.2, 0.25) is 0 Å². The third kappa shape index (κ3) is 2.98. The van der Waals surface area contributed by atoms with E-state index in [1.54, 1.807) is 12.1 Å². The van der Waals surface area contributed by atoms with E-state index in [1.807, 2.05) is 12.1 Å². The fourth-order valence-electron chi connectivity index (χ4n) is 1.50. The zero-order chi connectivity index (χ0) is 12.0. The number of fused-ring (bicyclic) bond motifs is 1. The molecule has 2 rings (SSSR count). The molecule has 0 aromatic heterocycles. The van der Waals surface area contributed by atoms with Crippen LogP contribution in [0.5, 0.6) is 5.75 Å². The Hall–Kier alpha value is -2.03. The van der Waals surface area contributed by atoms with Crippen LogP contribution in [0, 0.1) is 0 Å². The molecule has 3 nitrogen and oxygen atoms in total. The SMILES string of the molecule is CCc1ccc2cc(O)ccc2c1.O=CO. The molecule has 0 fully saturated rings. The molecule has 0 saturated heterocycles. The third-order valence-electron chi connectivity index (χ3n) is 2.30. The fraction of sp³-hybridized carbons (Fsp3) is 0.154. The van der Waals surface area contributed by atoms with Crippen molar-refractivity contribution in [2.24, 2.45) is 0 Å². The number of phenols is 1. The molecular weight excluding hydrogens is 204 g/mol. The Labute approximate surface area is 94.0 Å². The van der Waals surface area contributed by atoms with Crippen molar-refractivity contribution in [3.05, 3.63) is 42.0 Å². The number of carbonyl (C=O) groups is 1. The van der Waals surface area contributed by atoms with Crippen LogP contribution in [-0.4, -0.2) is 16.7 Å². The Morgan fingerprint density at radius 1 is 1.12 bits per heavy atom. The van der Waals surface area contributed by atoms with Gasteiger partial charge in [0.15, 0.2) is 0 Å². The molecule has 2 aromatic carbocycles. The van der Waals surface area contributed by atoms with Crippen LogP contribution in [0.2, 0.25) is 0 Å². The Morgan fingerprint density at radius 2 is 1.69 bits per heavy atom. The third-order valence-corrected chi connectivity index (χ3v) is 2.30. The average Bonchev–Trinajstić information content (AvgIpc) is 2.29. The molecule has 16 heavy (non-hydrogen) atoms. The lowest BCUT2D eigenvalue weighted by molar-refractivity contribution is -0.122. The summed E-state index contributed by atoms with van der Waals surface area (Å²) in [7, 11) is 0. The fourth-order valence-corrected chi connectivity index (χ4v) is 1.50. The van der Waals surface area contributed by atoms with Gasteiger partial charge in [-0.05, 0) is 34.9 Å². The molecule has 2 aromatic rings. The minimum Gasteiger partial charge on any atom is -0.508 e. The molecule has 0 bridgehead atoms. The van der Waals surface area contributed by atoms with Gasteiger partial charge in [-0.2, -0.15) is 0 Å². The van der Waals surface area contributed by atoms with Gasteiger partial charge in [0, 0.05) is 0 Å². The summed E-state index contributed by atoms with van der Waals surface area (Å²) >= 11 is 0. The van der Waals surface area contributed by atoms with Gasteiger partial charge in [-0.25, -0.2) is 0 Å². The normalized spacial score (nSPS) is 9.31. The van der Waals surface area contributed by atoms with Crippen LogP contribution in [0.25, 0.3) is 10.8 Å². The average molecular weight is 218 g/mol. The van der Waals surface area contributed by atoms with Gasteiger partial charge in [-0.3, -0.25) is 4.79 Å². The Morgan fingerprint density at radius 3 is 2.31 bits per heavy atom. The van der Waals surface area contributed by atoms with Crippen LogP contribution in [0.15, 0.2) is 36.4 Å². The summed E-state index contributed by atoms with van der Waals surface area (Å²) in [6.45, 7) is 1.89. The molecule has 84 valence electrons. The van der Waals surface area contributed by atoms with Gasteiger partial charge in [0.1, 0.15) is 5.75 Å². The highest BCUT2D eigenvalue weighted by atomic mass is 16.3. The van der Waals surface area contributed by atoms with E-state index in [2.05, 4.69) is 19.1 Å². The van der Waals surface area contributed by atoms with Crippen molar-refractivity contribution >= 4 is 17.2 Å². The molecule has 0 atom stereocenters. The molecule has 3 heteroatoms. The maximum Gasteiger partial charge on any atom is 0.290 e. The van der Waals surface area contributed by atoms with E-state index in [9.17, 15) is 5.11 Å². The summed E-state index contributed by atoms with van der Waals surface area (Å²) < 4.78 is 0. The number of benzene rings is 2. The number of hydrogen-bond donors (Lipinski definition) is 2. The van der Waals surface area contributed by atoms with Crippen molar-refractivity contribution in [2.75, 3.05) is 0 Å². The molecule has 0 saturated carbocycles. The zero-order valence-electron chi connectivity index (χ0n) is 9.05. The Balaban J connectivity index is 0.000000386. The van der Waals surface area contributed by atoms with Crippen LogP contribution in [0.4, 0.5) is 0 Å². The number of hydrogen-bond acceptors (Lipinski definition) is 2. The van der Waals surface area contributed by atoms with E-state index in [0.29, 0.717) is 5.75 Å². The lowest BCUT2D eigenvalue weighted by atomic mass is 10.1.